The van der Waals surface area contributed by atoms with Crippen LogP contribution in [0.4, 0.5) is 8.78 Å². The Bertz CT molecular complexity index is 1170. The van der Waals surface area contributed by atoms with E-state index in [4.69, 9.17) is 32.2 Å². The number of aromatic nitrogens is 1. The van der Waals surface area contributed by atoms with E-state index in [9.17, 15) is 18.7 Å². The van der Waals surface area contributed by atoms with Gasteiger partial charge >= 0.3 is 0 Å². The molecule has 2 atom stereocenters. The Balaban J connectivity index is 2.23. The van der Waals surface area contributed by atoms with E-state index in [1.165, 1.54) is 6.07 Å². The summed E-state index contributed by atoms with van der Waals surface area (Å²) in [6.45, 7) is 11.2. The molecule has 7 nitrogen and oxygen atoms in total. The van der Waals surface area contributed by atoms with E-state index < -0.39 is 36.9 Å². The zero-order valence-corrected chi connectivity index (χ0v) is 22.5. The van der Waals surface area contributed by atoms with Gasteiger partial charge in [0, 0.05) is 23.7 Å². The highest BCUT2D eigenvalue weighted by molar-refractivity contribution is 6.74. The van der Waals surface area contributed by atoms with Crippen molar-refractivity contribution in [3.05, 3.63) is 46.1 Å². The first-order valence-corrected chi connectivity index (χ1v) is 14.5. The van der Waals surface area contributed by atoms with Crippen LogP contribution in [0.3, 0.4) is 0 Å². The minimum atomic E-state index is -2.29. The van der Waals surface area contributed by atoms with Crippen LogP contribution in [0, 0.1) is 11.6 Å². The summed E-state index contributed by atoms with van der Waals surface area (Å²) in [7, 11) is -2.29. The average Bonchev–Trinajstić information content (AvgIpc) is 3.11. The number of rotatable bonds is 7. The molecule has 35 heavy (non-hydrogen) atoms. The minimum Gasteiger partial charge on any atom is -0.489 e. The molecule has 1 aliphatic heterocycles. The third-order valence-corrected chi connectivity index (χ3v) is 11.9. The Morgan fingerprint density at radius 2 is 1.91 bits per heavy atom. The molecule has 11 heteroatoms. The first kappa shape index (κ1) is 27.5. The lowest BCUT2D eigenvalue weighted by Crippen LogP contribution is -2.48. The molecular weight excluding hydrogens is 496 g/mol. The zero-order valence-electron chi connectivity index (χ0n) is 20.8. The molecule has 5 N–H and O–H groups in total. The van der Waals surface area contributed by atoms with Gasteiger partial charge in [0.25, 0.3) is 0 Å². The van der Waals surface area contributed by atoms with E-state index in [0.29, 0.717) is 11.6 Å². The largest absolute Gasteiger partial charge is 0.489 e. The molecule has 2 heterocycles. The van der Waals surface area contributed by atoms with E-state index >= 15 is 0 Å². The second kappa shape index (κ2) is 9.08. The van der Waals surface area contributed by atoms with E-state index in [2.05, 4.69) is 25.8 Å². The van der Waals surface area contributed by atoms with Gasteiger partial charge in [-0.2, -0.15) is 0 Å². The number of primary amides is 1. The number of nitrogens with two attached hydrogens (primary N) is 2. The maximum atomic E-state index is 14.9. The Morgan fingerprint density at radius 3 is 2.46 bits per heavy atom. The smallest absolute Gasteiger partial charge is 0.231 e. The Labute approximate surface area is 209 Å². The summed E-state index contributed by atoms with van der Waals surface area (Å²) in [5.74, 6) is -2.46. The summed E-state index contributed by atoms with van der Waals surface area (Å²) >= 11 is 5.92. The molecule has 1 aromatic heterocycles. The van der Waals surface area contributed by atoms with Gasteiger partial charge in [-0.15, -0.1) is 0 Å². The Hall–Kier alpha value is -2.11. The van der Waals surface area contributed by atoms with E-state index in [0.717, 1.165) is 6.07 Å². The van der Waals surface area contributed by atoms with Crippen molar-refractivity contribution in [1.82, 2.24) is 4.98 Å². The second-order valence-electron chi connectivity index (χ2n) is 10.7. The van der Waals surface area contributed by atoms with Crippen LogP contribution in [0.5, 0.6) is 5.75 Å². The molecule has 2 aromatic rings. The molecule has 0 saturated carbocycles. The van der Waals surface area contributed by atoms with Crippen molar-refractivity contribution >= 4 is 25.8 Å². The normalized spacial score (nSPS) is 19.7. The van der Waals surface area contributed by atoms with E-state index in [-0.39, 0.29) is 52.5 Å². The van der Waals surface area contributed by atoms with E-state index in [1.54, 1.807) is 6.92 Å². The second-order valence-corrected chi connectivity index (χ2v) is 16.0. The van der Waals surface area contributed by atoms with Crippen LogP contribution in [0.1, 0.15) is 39.0 Å². The van der Waals surface area contributed by atoms with Gasteiger partial charge in [0.1, 0.15) is 40.7 Å². The van der Waals surface area contributed by atoms with Crippen molar-refractivity contribution in [1.29, 1.82) is 0 Å². The number of carbonyl (C=O) groups is 1. The van der Waals surface area contributed by atoms with Crippen molar-refractivity contribution in [2.75, 3.05) is 19.8 Å². The van der Waals surface area contributed by atoms with Gasteiger partial charge in [-0.1, -0.05) is 32.4 Å². The lowest BCUT2D eigenvalue weighted by molar-refractivity contribution is -0.123. The van der Waals surface area contributed by atoms with Gasteiger partial charge in [0.2, 0.25) is 5.91 Å². The third-order valence-electron chi connectivity index (χ3n) is 7.17. The van der Waals surface area contributed by atoms with Gasteiger partial charge in [0.15, 0.2) is 8.32 Å². The average molecular weight is 528 g/mol. The van der Waals surface area contributed by atoms with Crippen LogP contribution in [0.25, 0.3) is 11.3 Å². The minimum absolute atomic E-state index is 0.0466. The molecule has 0 spiro atoms. The number of hydrogen-bond acceptors (Lipinski definition) is 6. The van der Waals surface area contributed by atoms with Crippen LogP contribution in [-0.2, 0) is 20.2 Å². The number of pyridine rings is 1. The number of amides is 1. The summed E-state index contributed by atoms with van der Waals surface area (Å²) in [5.41, 5.74) is 8.75. The molecule has 0 unspecified atom stereocenters. The highest BCUT2D eigenvalue weighted by atomic mass is 35.5. The van der Waals surface area contributed by atoms with Crippen molar-refractivity contribution in [3.63, 3.8) is 0 Å². The summed E-state index contributed by atoms with van der Waals surface area (Å²) in [5, 5.41) is 11.1. The quantitative estimate of drug-likeness (QED) is 0.370. The molecule has 0 aliphatic carbocycles. The maximum absolute atomic E-state index is 14.9. The summed E-state index contributed by atoms with van der Waals surface area (Å²) < 4.78 is 40.7. The lowest BCUT2D eigenvalue weighted by atomic mass is 9.82. The van der Waals surface area contributed by atoms with Crippen LogP contribution in [-0.4, -0.2) is 44.1 Å². The highest BCUT2D eigenvalue weighted by Gasteiger charge is 2.46. The first-order valence-electron chi connectivity index (χ1n) is 11.2. The monoisotopic (exact) mass is 527 g/mol. The first-order chi connectivity index (χ1) is 16.0. The van der Waals surface area contributed by atoms with Gasteiger partial charge in [-0.3, -0.25) is 4.79 Å². The molecule has 0 saturated heterocycles. The number of aliphatic hydroxyl groups is 1. The van der Waals surface area contributed by atoms with Gasteiger partial charge in [0.05, 0.1) is 17.3 Å². The van der Waals surface area contributed by atoms with Crippen molar-refractivity contribution in [3.8, 4) is 17.0 Å². The Kier molecular flexibility index (Phi) is 7.13. The number of fused-ring (bicyclic) bond motifs is 1. The predicted molar refractivity (Wildman–Crippen MR) is 133 cm³/mol. The topological polar surface area (TPSA) is 121 Å². The summed E-state index contributed by atoms with van der Waals surface area (Å²) in [6.07, 6.45) is 0. The lowest BCUT2D eigenvalue weighted by Gasteiger charge is -2.39. The van der Waals surface area contributed by atoms with Gasteiger partial charge < -0.3 is 25.7 Å². The number of carbonyl (C=O) groups excluding carboxylic acids is 1. The molecule has 0 fully saturated rings. The number of halogens is 3. The fourth-order valence-electron chi connectivity index (χ4n) is 3.47. The van der Waals surface area contributed by atoms with Crippen LogP contribution >= 0.6 is 11.6 Å². The van der Waals surface area contributed by atoms with Crippen LogP contribution in [0.15, 0.2) is 18.2 Å². The predicted octanol–water partition coefficient (Wildman–Crippen LogP) is 3.98. The molecule has 0 radical (unpaired) electrons. The maximum Gasteiger partial charge on any atom is 0.231 e. The molecular formula is C24H32ClF2N3O4Si. The number of hydrogen-bond donors (Lipinski definition) is 3. The van der Waals surface area contributed by atoms with Crippen molar-refractivity contribution in [2.45, 2.75) is 56.8 Å². The third kappa shape index (κ3) is 4.82. The fourth-order valence-corrected chi connectivity index (χ4v) is 4.66. The Morgan fingerprint density at radius 1 is 1.29 bits per heavy atom. The van der Waals surface area contributed by atoms with Crippen LogP contribution in [0.2, 0.25) is 23.2 Å². The number of benzene rings is 1. The molecule has 1 amide bonds. The SMILES string of the molecule is CC(C)(C)[Si](C)(C)OC[C@](O)(CN)c1cc2c(c(-c3cc(Cl)c(F)cc3F)n1)OC[C@]2(C)C(N)=O. The van der Waals surface area contributed by atoms with Crippen LogP contribution < -0.4 is 16.2 Å². The fraction of sp³-hybridized carbons (Fsp3) is 0.500. The molecule has 192 valence electrons. The molecule has 1 aliphatic rings. The van der Waals surface area contributed by atoms with E-state index in [1.807, 2.05) is 13.1 Å². The van der Waals surface area contributed by atoms with Crippen molar-refractivity contribution < 1.29 is 27.8 Å². The molecule has 0 bridgehead atoms. The standard InChI is InChI=1S/C24H32ClF2N3O4Si/c1-22(2,3)35(5,6)34-12-24(32,10-28)18-8-14-20(33-11-23(14,4)21(29)31)19(30-18)13-7-15(25)17(27)9-16(13)26/h7-9,32H,10-12,28H2,1-6H3,(H2,29,31)/t23-,24+/m0/s1. The molecule has 3 rings (SSSR count). The molecule has 1 aromatic carbocycles. The number of nitrogens with zero attached hydrogens (tertiary/aromatic N) is 1. The van der Waals surface area contributed by atoms with Crippen molar-refractivity contribution in [2.24, 2.45) is 11.5 Å². The van der Waals surface area contributed by atoms with Gasteiger partial charge in [-0.05, 0) is 37.2 Å². The number of ether oxygens (including phenoxy) is 1. The summed E-state index contributed by atoms with van der Waals surface area (Å²) in [6, 6.07) is 3.20. The van der Waals surface area contributed by atoms with Gasteiger partial charge in [-0.25, -0.2) is 13.8 Å². The summed E-state index contributed by atoms with van der Waals surface area (Å²) in [4.78, 5) is 16.9. The zero-order chi connectivity index (χ0) is 26.6. The highest BCUT2D eigenvalue weighted by Crippen LogP contribution is 2.46.